The highest BCUT2D eigenvalue weighted by atomic mass is 32.2. The summed E-state index contributed by atoms with van der Waals surface area (Å²) in [5.41, 5.74) is 3.26. The Morgan fingerprint density at radius 3 is 2.81 bits per heavy atom. The molecule has 5 heterocycles. The maximum absolute atomic E-state index is 11.8. The van der Waals surface area contributed by atoms with Gasteiger partial charge in [0.1, 0.15) is 5.75 Å². The second kappa shape index (κ2) is 10.9. The number of nitrogens with one attached hydrogen (secondary N) is 2. The molecule has 0 unspecified atom stereocenters. The average Bonchev–Trinajstić information content (AvgIpc) is 3.54. The highest BCUT2D eigenvalue weighted by molar-refractivity contribution is 8.18. The van der Waals surface area contributed by atoms with Gasteiger partial charge in [0.15, 0.2) is 0 Å². The lowest BCUT2D eigenvalue weighted by atomic mass is 9.97. The number of aromatic nitrogens is 3. The smallest absolute Gasteiger partial charge is 0.290 e. The number of thioether (sulfide) groups is 1. The van der Waals surface area contributed by atoms with E-state index in [0.717, 1.165) is 66.9 Å². The monoisotopic (exact) mass is 506 g/mol. The van der Waals surface area contributed by atoms with Gasteiger partial charge < -0.3 is 19.4 Å². The third-order valence-electron chi connectivity index (χ3n) is 6.18. The molecule has 0 aromatic carbocycles. The molecule has 2 amide bonds. The van der Waals surface area contributed by atoms with Crippen LogP contribution in [0.1, 0.15) is 24.2 Å². The number of ether oxygens (including phenoxy) is 1. The summed E-state index contributed by atoms with van der Waals surface area (Å²) in [4.78, 5) is 39.4. The van der Waals surface area contributed by atoms with Crippen LogP contribution in [0.25, 0.3) is 17.3 Å². The number of anilines is 1. The molecule has 2 N–H and O–H groups in total. The third kappa shape index (κ3) is 5.58. The number of hydrogen-bond acceptors (Lipinski definition) is 10. The summed E-state index contributed by atoms with van der Waals surface area (Å²) in [6, 6.07) is 7.48. The van der Waals surface area contributed by atoms with Crippen LogP contribution < -0.4 is 20.3 Å². The van der Waals surface area contributed by atoms with E-state index in [9.17, 15) is 9.59 Å². The van der Waals surface area contributed by atoms with Gasteiger partial charge >= 0.3 is 0 Å². The molecule has 3 aromatic rings. The van der Waals surface area contributed by atoms with Gasteiger partial charge in [-0.2, -0.15) is 0 Å². The predicted octanol–water partition coefficient (Wildman–Crippen LogP) is 3.47. The van der Waals surface area contributed by atoms with Crippen LogP contribution in [-0.2, 0) is 11.3 Å². The molecule has 0 spiro atoms. The summed E-state index contributed by atoms with van der Waals surface area (Å²) in [5, 5.41) is 5.43. The number of amides is 2. The van der Waals surface area contributed by atoms with E-state index in [4.69, 9.17) is 14.1 Å². The molecule has 36 heavy (non-hydrogen) atoms. The first-order valence-electron chi connectivity index (χ1n) is 11.7. The van der Waals surface area contributed by atoms with Crippen molar-refractivity contribution in [2.45, 2.75) is 19.4 Å². The summed E-state index contributed by atoms with van der Waals surface area (Å²) in [7, 11) is 1.65. The molecule has 2 fully saturated rings. The van der Waals surface area contributed by atoms with Crippen molar-refractivity contribution in [3.63, 3.8) is 0 Å². The third-order valence-corrected chi connectivity index (χ3v) is 6.99. The van der Waals surface area contributed by atoms with Crippen molar-refractivity contribution < 1.29 is 18.7 Å². The van der Waals surface area contributed by atoms with Gasteiger partial charge in [-0.3, -0.25) is 14.9 Å². The maximum Gasteiger partial charge on any atom is 0.290 e. The van der Waals surface area contributed by atoms with Gasteiger partial charge in [0.2, 0.25) is 5.95 Å². The van der Waals surface area contributed by atoms with E-state index in [1.54, 1.807) is 38.0 Å². The number of nitrogens with zero attached hydrogens (tertiary/aromatic N) is 4. The molecule has 2 aliphatic heterocycles. The number of carbonyl (C=O) groups excluding carboxylic acids is 2. The van der Waals surface area contributed by atoms with Crippen LogP contribution in [-0.4, -0.2) is 52.8 Å². The summed E-state index contributed by atoms with van der Waals surface area (Å²) in [6.45, 7) is 3.18. The molecular formula is C25H26N6O4S. The molecule has 11 heteroatoms. The van der Waals surface area contributed by atoms with Crippen molar-refractivity contribution in [3.8, 4) is 17.0 Å². The largest absolute Gasteiger partial charge is 0.495 e. The SMILES string of the molecule is COc1ccc(-c2ccoc2)nc1CNCC1CCN(c2nccc(/C=C3\SC(=O)NC3=O)n2)CC1. The summed E-state index contributed by atoms with van der Waals surface area (Å²) >= 11 is 0.882. The maximum atomic E-state index is 11.8. The number of rotatable bonds is 8. The van der Waals surface area contributed by atoms with Crippen molar-refractivity contribution in [1.82, 2.24) is 25.6 Å². The molecule has 0 saturated carbocycles. The summed E-state index contributed by atoms with van der Waals surface area (Å²) in [6.07, 6.45) is 8.64. The molecule has 0 radical (unpaired) electrons. The highest BCUT2D eigenvalue weighted by Gasteiger charge is 2.26. The van der Waals surface area contributed by atoms with Gasteiger partial charge in [0.25, 0.3) is 11.1 Å². The summed E-state index contributed by atoms with van der Waals surface area (Å²) < 4.78 is 10.7. The van der Waals surface area contributed by atoms with Gasteiger partial charge in [-0.25, -0.2) is 15.0 Å². The standard InChI is InChI=1S/C25H26N6O4S/c1-34-21-3-2-19(17-7-11-35-15-17)29-20(21)14-26-13-16-5-9-31(10-6-16)24-27-8-4-18(28-24)12-22-23(32)30-25(33)36-22/h2-4,7-8,11-12,15-16,26H,5-6,9-10,13-14H2,1H3,(H,30,32,33)/b22-12-. The lowest BCUT2D eigenvalue weighted by Crippen LogP contribution is -2.38. The van der Waals surface area contributed by atoms with E-state index >= 15 is 0 Å². The van der Waals surface area contributed by atoms with E-state index in [1.807, 2.05) is 18.2 Å². The average molecular weight is 507 g/mol. The number of imide groups is 1. The van der Waals surface area contributed by atoms with E-state index in [0.29, 0.717) is 29.0 Å². The minimum absolute atomic E-state index is 0.343. The Bertz CT molecular complexity index is 1270. The molecule has 0 aliphatic carbocycles. The Labute approximate surface area is 212 Å². The first kappa shape index (κ1) is 24.0. The molecule has 186 valence electrons. The fourth-order valence-electron chi connectivity index (χ4n) is 4.25. The van der Waals surface area contributed by atoms with Crippen LogP contribution in [0.15, 0.2) is 52.3 Å². The first-order chi connectivity index (χ1) is 17.6. The zero-order valence-corrected chi connectivity index (χ0v) is 20.6. The molecule has 10 nitrogen and oxygen atoms in total. The van der Waals surface area contributed by atoms with Gasteiger partial charge in [-0.15, -0.1) is 0 Å². The van der Waals surface area contributed by atoms with Crippen molar-refractivity contribution in [2.24, 2.45) is 5.92 Å². The van der Waals surface area contributed by atoms with Gasteiger partial charge in [-0.05, 0) is 67.4 Å². The molecular weight excluding hydrogens is 480 g/mol. The second-order valence-electron chi connectivity index (χ2n) is 8.55. The van der Waals surface area contributed by atoms with Crippen LogP contribution in [0, 0.1) is 5.92 Å². The Hall–Kier alpha value is -3.70. The summed E-state index contributed by atoms with van der Waals surface area (Å²) in [5.74, 6) is 1.53. The zero-order chi connectivity index (χ0) is 24.9. The molecule has 3 aromatic heterocycles. The number of furan rings is 1. The fourth-order valence-corrected chi connectivity index (χ4v) is 4.92. The molecule has 2 saturated heterocycles. The normalized spacial score (nSPS) is 17.6. The van der Waals surface area contributed by atoms with Gasteiger partial charge in [-0.1, -0.05) is 0 Å². The minimum atomic E-state index is -0.389. The van der Waals surface area contributed by atoms with E-state index in [2.05, 4.69) is 25.5 Å². The number of piperidine rings is 1. The van der Waals surface area contributed by atoms with Gasteiger partial charge in [0.05, 0.1) is 41.6 Å². The fraction of sp³-hybridized carbons (Fsp3) is 0.320. The van der Waals surface area contributed by atoms with Crippen molar-refractivity contribution in [2.75, 3.05) is 31.6 Å². The first-order valence-corrected chi connectivity index (χ1v) is 12.5. The van der Waals surface area contributed by atoms with Crippen molar-refractivity contribution >= 4 is 34.9 Å². The number of pyridine rings is 1. The topological polar surface area (TPSA) is 122 Å². The Balaban J connectivity index is 1.14. The zero-order valence-electron chi connectivity index (χ0n) is 19.8. The predicted molar refractivity (Wildman–Crippen MR) is 136 cm³/mol. The number of hydrogen-bond donors (Lipinski definition) is 2. The Morgan fingerprint density at radius 1 is 1.22 bits per heavy atom. The van der Waals surface area contributed by atoms with E-state index < -0.39 is 0 Å². The molecule has 0 atom stereocenters. The van der Waals surface area contributed by atoms with Crippen LogP contribution >= 0.6 is 11.8 Å². The highest BCUT2D eigenvalue weighted by Crippen LogP contribution is 2.27. The number of carbonyl (C=O) groups is 2. The van der Waals surface area contributed by atoms with E-state index in [1.165, 1.54) is 0 Å². The molecule has 2 aliphatic rings. The van der Waals surface area contributed by atoms with E-state index in [-0.39, 0.29) is 11.1 Å². The van der Waals surface area contributed by atoms with Crippen molar-refractivity contribution in [3.05, 3.63) is 59.3 Å². The second-order valence-corrected chi connectivity index (χ2v) is 9.57. The van der Waals surface area contributed by atoms with Crippen molar-refractivity contribution in [1.29, 1.82) is 0 Å². The molecule has 0 bridgehead atoms. The van der Waals surface area contributed by atoms with Crippen LogP contribution in [0.5, 0.6) is 5.75 Å². The van der Waals surface area contributed by atoms with Gasteiger partial charge in [0, 0.05) is 31.4 Å². The Kier molecular flexibility index (Phi) is 7.28. The Morgan fingerprint density at radius 2 is 2.08 bits per heavy atom. The minimum Gasteiger partial charge on any atom is -0.495 e. The van der Waals surface area contributed by atoms with Crippen LogP contribution in [0.2, 0.25) is 0 Å². The van der Waals surface area contributed by atoms with Crippen LogP contribution in [0.3, 0.4) is 0 Å². The lowest BCUT2D eigenvalue weighted by molar-refractivity contribution is -0.115. The lowest BCUT2D eigenvalue weighted by Gasteiger charge is -2.32. The molecule has 5 rings (SSSR count). The quantitative estimate of drug-likeness (QED) is 0.439. The number of methoxy groups -OCH3 is 1. The van der Waals surface area contributed by atoms with Crippen LogP contribution in [0.4, 0.5) is 10.7 Å².